The summed E-state index contributed by atoms with van der Waals surface area (Å²) in [7, 11) is 0. The molecule has 2 nitrogen and oxygen atoms in total. The number of Topliss-reactive ketones (excluding diaryl/α,β-unsaturated/α-hetero) is 1. The van der Waals surface area contributed by atoms with Crippen LogP contribution in [0.25, 0.3) is 0 Å². The molecule has 0 saturated carbocycles. The van der Waals surface area contributed by atoms with Crippen LogP contribution in [0, 0.1) is 11.3 Å². The zero-order chi connectivity index (χ0) is 14.0. The molecule has 0 spiro atoms. The molecular formula is C16H32O2. The third-order valence-electron chi connectivity index (χ3n) is 3.10. The van der Waals surface area contributed by atoms with Crippen LogP contribution in [0.2, 0.25) is 0 Å². The maximum absolute atomic E-state index is 11.7. The van der Waals surface area contributed by atoms with Gasteiger partial charge in [0.15, 0.2) is 0 Å². The van der Waals surface area contributed by atoms with Crippen LogP contribution in [0.4, 0.5) is 0 Å². The van der Waals surface area contributed by atoms with Gasteiger partial charge in [-0.2, -0.15) is 0 Å². The molecular weight excluding hydrogens is 224 g/mol. The van der Waals surface area contributed by atoms with Gasteiger partial charge in [0.1, 0.15) is 5.78 Å². The van der Waals surface area contributed by atoms with Crippen molar-refractivity contribution in [1.82, 2.24) is 0 Å². The summed E-state index contributed by atoms with van der Waals surface area (Å²) in [5, 5.41) is 0. The smallest absolute Gasteiger partial charge is 0.138 e. The van der Waals surface area contributed by atoms with E-state index < -0.39 is 0 Å². The molecule has 0 unspecified atom stereocenters. The number of carbonyl (C=O) groups excluding carboxylic acids is 1. The van der Waals surface area contributed by atoms with E-state index in [1.54, 1.807) is 0 Å². The number of ketones is 1. The maximum Gasteiger partial charge on any atom is 0.138 e. The van der Waals surface area contributed by atoms with Gasteiger partial charge in [0, 0.05) is 25.0 Å². The van der Waals surface area contributed by atoms with Crippen LogP contribution in [-0.4, -0.2) is 19.0 Å². The molecule has 0 saturated heterocycles. The first-order chi connectivity index (χ1) is 8.34. The fraction of sp³-hybridized carbons (Fsp3) is 0.938. The Labute approximate surface area is 113 Å². The molecule has 108 valence electrons. The third-order valence-corrected chi connectivity index (χ3v) is 3.10. The molecule has 0 atom stereocenters. The van der Waals surface area contributed by atoms with Crippen molar-refractivity contribution in [1.29, 1.82) is 0 Å². The van der Waals surface area contributed by atoms with Gasteiger partial charge in [-0.1, -0.05) is 47.5 Å². The van der Waals surface area contributed by atoms with Crippen molar-refractivity contribution in [2.45, 2.75) is 73.1 Å². The van der Waals surface area contributed by atoms with E-state index >= 15 is 0 Å². The molecule has 0 rings (SSSR count). The van der Waals surface area contributed by atoms with Gasteiger partial charge in [-0.25, -0.2) is 0 Å². The first-order valence-corrected chi connectivity index (χ1v) is 7.45. The van der Waals surface area contributed by atoms with Crippen molar-refractivity contribution in [2.75, 3.05) is 13.2 Å². The molecule has 2 heteroatoms. The topological polar surface area (TPSA) is 26.3 Å². The van der Waals surface area contributed by atoms with Crippen molar-refractivity contribution >= 4 is 5.78 Å². The van der Waals surface area contributed by atoms with Crippen molar-refractivity contribution in [2.24, 2.45) is 11.3 Å². The van der Waals surface area contributed by atoms with Crippen LogP contribution in [0.5, 0.6) is 0 Å². The van der Waals surface area contributed by atoms with Gasteiger partial charge in [-0.05, 0) is 25.2 Å². The average molecular weight is 256 g/mol. The Morgan fingerprint density at radius 2 is 1.56 bits per heavy atom. The number of ether oxygens (including phenoxy) is 1. The highest BCUT2D eigenvalue weighted by Gasteiger charge is 2.19. The summed E-state index contributed by atoms with van der Waals surface area (Å²) in [6.07, 6.45) is 6.39. The molecule has 18 heavy (non-hydrogen) atoms. The molecule has 0 aromatic carbocycles. The second-order valence-corrected chi connectivity index (χ2v) is 6.63. The normalized spacial score (nSPS) is 12.1. The summed E-state index contributed by atoms with van der Waals surface area (Å²) >= 11 is 0. The standard InChI is InChI=1S/C16H32O2/c1-14(2)10-6-8-12-18-13-9-7-11-15(17)16(3,4)5/h14H,6-13H2,1-5H3. The maximum atomic E-state index is 11.7. The minimum Gasteiger partial charge on any atom is -0.381 e. The van der Waals surface area contributed by atoms with Gasteiger partial charge in [0.05, 0.1) is 0 Å². The van der Waals surface area contributed by atoms with Crippen molar-refractivity contribution < 1.29 is 9.53 Å². The van der Waals surface area contributed by atoms with Crippen LogP contribution < -0.4 is 0 Å². The van der Waals surface area contributed by atoms with Gasteiger partial charge in [0.2, 0.25) is 0 Å². The van der Waals surface area contributed by atoms with E-state index in [1.165, 1.54) is 19.3 Å². The van der Waals surface area contributed by atoms with Gasteiger partial charge in [-0.15, -0.1) is 0 Å². The second kappa shape index (κ2) is 9.55. The van der Waals surface area contributed by atoms with E-state index in [9.17, 15) is 4.79 Å². The van der Waals surface area contributed by atoms with Crippen LogP contribution >= 0.6 is 0 Å². The van der Waals surface area contributed by atoms with E-state index in [2.05, 4.69) is 13.8 Å². The van der Waals surface area contributed by atoms with E-state index in [4.69, 9.17) is 4.74 Å². The first-order valence-electron chi connectivity index (χ1n) is 7.45. The summed E-state index contributed by atoms with van der Waals surface area (Å²) in [6, 6.07) is 0. The molecule has 0 aromatic heterocycles. The Morgan fingerprint density at radius 1 is 1.00 bits per heavy atom. The highest BCUT2D eigenvalue weighted by Crippen LogP contribution is 2.18. The Kier molecular flexibility index (Phi) is 9.35. The lowest BCUT2D eigenvalue weighted by molar-refractivity contribution is -0.126. The summed E-state index contributed by atoms with van der Waals surface area (Å²) in [6.45, 7) is 12.2. The Morgan fingerprint density at radius 3 is 2.06 bits per heavy atom. The van der Waals surface area contributed by atoms with Crippen LogP contribution in [0.15, 0.2) is 0 Å². The number of hydrogen-bond acceptors (Lipinski definition) is 2. The average Bonchev–Trinajstić information content (AvgIpc) is 2.24. The number of unbranched alkanes of at least 4 members (excludes halogenated alkanes) is 2. The minimum absolute atomic E-state index is 0.183. The monoisotopic (exact) mass is 256 g/mol. The Hall–Kier alpha value is -0.370. The first kappa shape index (κ1) is 17.6. The summed E-state index contributed by atoms with van der Waals surface area (Å²) in [5.41, 5.74) is -0.183. The fourth-order valence-corrected chi connectivity index (χ4v) is 1.72. The van der Waals surface area contributed by atoms with Crippen LogP contribution in [0.1, 0.15) is 73.1 Å². The Balaban J connectivity index is 3.24. The van der Waals surface area contributed by atoms with Gasteiger partial charge < -0.3 is 4.74 Å². The second-order valence-electron chi connectivity index (χ2n) is 6.63. The highest BCUT2D eigenvalue weighted by atomic mass is 16.5. The molecule has 0 N–H and O–H groups in total. The fourth-order valence-electron chi connectivity index (χ4n) is 1.72. The highest BCUT2D eigenvalue weighted by molar-refractivity contribution is 5.83. The van der Waals surface area contributed by atoms with Gasteiger partial charge >= 0.3 is 0 Å². The van der Waals surface area contributed by atoms with Crippen molar-refractivity contribution in [3.63, 3.8) is 0 Å². The SMILES string of the molecule is CC(C)CCCCOCCCCC(=O)C(C)(C)C. The summed E-state index contributed by atoms with van der Waals surface area (Å²) in [5.74, 6) is 1.16. The Bertz CT molecular complexity index is 214. The zero-order valence-electron chi connectivity index (χ0n) is 13.1. The van der Waals surface area contributed by atoms with Gasteiger partial charge in [0.25, 0.3) is 0 Å². The van der Waals surface area contributed by atoms with E-state index in [0.29, 0.717) is 12.2 Å². The number of carbonyl (C=O) groups is 1. The predicted molar refractivity (Wildman–Crippen MR) is 77.8 cm³/mol. The lowest BCUT2D eigenvalue weighted by atomic mass is 9.88. The van der Waals surface area contributed by atoms with Crippen LogP contribution in [-0.2, 0) is 9.53 Å². The van der Waals surface area contributed by atoms with Gasteiger partial charge in [-0.3, -0.25) is 4.79 Å². The lowest BCUT2D eigenvalue weighted by Crippen LogP contribution is -2.19. The predicted octanol–water partition coefficient (Wildman–Crippen LogP) is 4.61. The molecule has 0 heterocycles. The van der Waals surface area contributed by atoms with E-state index in [0.717, 1.165) is 32.0 Å². The molecule has 0 aliphatic carbocycles. The van der Waals surface area contributed by atoms with Crippen molar-refractivity contribution in [3.05, 3.63) is 0 Å². The molecule has 0 radical (unpaired) electrons. The quantitative estimate of drug-likeness (QED) is 0.533. The summed E-state index contributed by atoms with van der Waals surface area (Å²) < 4.78 is 5.57. The molecule has 0 bridgehead atoms. The van der Waals surface area contributed by atoms with Crippen molar-refractivity contribution in [3.8, 4) is 0 Å². The zero-order valence-corrected chi connectivity index (χ0v) is 13.1. The molecule has 0 amide bonds. The largest absolute Gasteiger partial charge is 0.381 e. The van der Waals surface area contributed by atoms with E-state index in [-0.39, 0.29) is 5.41 Å². The molecule has 0 aromatic rings. The van der Waals surface area contributed by atoms with Crippen LogP contribution in [0.3, 0.4) is 0 Å². The lowest BCUT2D eigenvalue weighted by Gasteiger charge is -2.16. The number of hydrogen-bond donors (Lipinski definition) is 0. The molecule has 0 fully saturated rings. The number of rotatable bonds is 10. The van der Waals surface area contributed by atoms with E-state index in [1.807, 2.05) is 20.8 Å². The summed E-state index contributed by atoms with van der Waals surface area (Å²) in [4.78, 5) is 11.7. The minimum atomic E-state index is -0.183. The molecule has 0 aliphatic heterocycles. The molecule has 0 aliphatic rings. The third kappa shape index (κ3) is 10.8.